The summed E-state index contributed by atoms with van der Waals surface area (Å²) in [7, 11) is 0. The second-order valence-corrected chi connectivity index (χ2v) is 5.62. The first-order valence-corrected chi connectivity index (χ1v) is 6.80. The van der Waals surface area contributed by atoms with Crippen LogP contribution in [0.5, 0.6) is 0 Å². The summed E-state index contributed by atoms with van der Waals surface area (Å²) in [6.45, 7) is 5.17. The van der Waals surface area contributed by atoms with E-state index in [2.05, 4.69) is 9.97 Å². The number of alkyl halides is 1. The average molecular weight is 295 g/mol. The number of amides is 1. The Bertz CT molecular complexity index is 591. The lowest BCUT2D eigenvalue weighted by atomic mass is 10.0. The zero-order chi connectivity index (χ0) is 15.8. The molecule has 1 N–H and O–H groups in total. The van der Waals surface area contributed by atoms with Crippen molar-refractivity contribution in [2.75, 3.05) is 13.1 Å². The number of aliphatic carboxylic acids is 1. The summed E-state index contributed by atoms with van der Waals surface area (Å²) in [5.74, 6) is -1.37. The minimum Gasteiger partial charge on any atom is -0.479 e. The van der Waals surface area contributed by atoms with Crippen LogP contribution in [0.25, 0.3) is 0 Å². The number of carboxylic acid groups (broad SMARTS) is 1. The normalized spacial score (nSPS) is 21.9. The van der Waals surface area contributed by atoms with Gasteiger partial charge in [0.1, 0.15) is 5.82 Å². The monoisotopic (exact) mass is 295 g/mol. The van der Waals surface area contributed by atoms with Crippen LogP contribution in [0, 0.1) is 6.92 Å². The molecule has 1 unspecified atom stereocenters. The van der Waals surface area contributed by atoms with Gasteiger partial charge in [0.15, 0.2) is 0 Å². The van der Waals surface area contributed by atoms with Gasteiger partial charge in [0, 0.05) is 19.2 Å². The maximum Gasteiger partial charge on any atom is 0.343 e. The van der Waals surface area contributed by atoms with E-state index in [9.17, 15) is 14.0 Å². The molecule has 1 atom stereocenters. The van der Waals surface area contributed by atoms with Gasteiger partial charge in [-0.25, -0.2) is 19.2 Å². The Morgan fingerprint density at radius 1 is 1.48 bits per heavy atom. The summed E-state index contributed by atoms with van der Waals surface area (Å²) in [4.78, 5) is 32.9. The van der Waals surface area contributed by atoms with E-state index in [0.29, 0.717) is 17.1 Å². The third-order valence-corrected chi connectivity index (χ3v) is 3.61. The summed E-state index contributed by atoms with van der Waals surface area (Å²) in [5.41, 5.74) is -1.46. The molecule has 2 rings (SSSR count). The smallest absolute Gasteiger partial charge is 0.343 e. The Morgan fingerprint density at radius 3 is 2.67 bits per heavy atom. The quantitative estimate of drug-likeness (QED) is 0.914. The minimum absolute atomic E-state index is 0.0165. The highest BCUT2D eigenvalue weighted by Gasteiger charge is 2.47. The molecule has 2 heterocycles. The first kappa shape index (κ1) is 15.3. The fourth-order valence-corrected chi connectivity index (χ4v) is 2.38. The van der Waals surface area contributed by atoms with Crippen molar-refractivity contribution in [3.8, 4) is 0 Å². The van der Waals surface area contributed by atoms with E-state index in [1.165, 1.54) is 11.1 Å². The van der Waals surface area contributed by atoms with Gasteiger partial charge >= 0.3 is 5.97 Å². The summed E-state index contributed by atoms with van der Waals surface area (Å²) in [6.07, 6.45) is 1.23. The maximum atomic E-state index is 14.1. The molecule has 114 valence electrons. The number of halogens is 1. The molecular formula is C14H18FN3O3. The molecule has 0 aromatic carbocycles. The molecule has 0 aliphatic carbocycles. The van der Waals surface area contributed by atoms with Gasteiger partial charge in [-0.1, -0.05) is 13.8 Å². The van der Waals surface area contributed by atoms with Gasteiger partial charge in [0.25, 0.3) is 5.91 Å². The second-order valence-electron chi connectivity index (χ2n) is 5.62. The van der Waals surface area contributed by atoms with Crippen molar-refractivity contribution in [1.82, 2.24) is 14.9 Å². The topological polar surface area (TPSA) is 83.4 Å². The van der Waals surface area contributed by atoms with Gasteiger partial charge in [0.2, 0.25) is 5.67 Å². The van der Waals surface area contributed by atoms with Gasteiger partial charge in [-0.05, 0) is 12.8 Å². The van der Waals surface area contributed by atoms with E-state index in [-0.39, 0.29) is 18.9 Å². The summed E-state index contributed by atoms with van der Waals surface area (Å²) < 4.78 is 14.1. The number of rotatable bonds is 3. The summed E-state index contributed by atoms with van der Waals surface area (Å²) in [5, 5.41) is 8.88. The fourth-order valence-electron chi connectivity index (χ4n) is 2.38. The van der Waals surface area contributed by atoms with Crippen LogP contribution in [-0.2, 0) is 4.79 Å². The second kappa shape index (κ2) is 5.38. The Kier molecular flexibility index (Phi) is 3.93. The lowest BCUT2D eigenvalue weighted by molar-refractivity contribution is -0.149. The van der Waals surface area contributed by atoms with Crippen molar-refractivity contribution in [1.29, 1.82) is 0 Å². The SMILES string of the molecule is Cc1ncc(C(=O)N2CCC(F)(C(=O)O)C2)c(C(C)C)n1. The summed E-state index contributed by atoms with van der Waals surface area (Å²) >= 11 is 0. The number of aromatic nitrogens is 2. The van der Waals surface area contributed by atoms with Crippen molar-refractivity contribution >= 4 is 11.9 Å². The first-order valence-electron chi connectivity index (χ1n) is 6.80. The zero-order valence-electron chi connectivity index (χ0n) is 12.3. The van der Waals surface area contributed by atoms with Crippen LogP contribution in [-0.4, -0.2) is 50.6 Å². The molecule has 7 heteroatoms. The van der Waals surface area contributed by atoms with E-state index in [1.54, 1.807) is 6.92 Å². The molecular weight excluding hydrogens is 277 g/mol. The predicted molar refractivity (Wildman–Crippen MR) is 72.9 cm³/mol. The first-order chi connectivity index (χ1) is 9.74. The highest BCUT2D eigenvalue weighted by atomic mass is 19.1. The van der Waals surface area contributed by atoms with E-state index < -0.39 is 24.1 Å². The number of nitrogens with zero attached hydrogens (tertiary/aromatic N) is 3. The largest absolute Gasteiger partial charge is 0.479 e. The van der Waals surface area contributed by atoms with Gasteiger partial charge < -0.3 is 10.0 Å². The predicted octanol–water partition coefficient (Wildman–Crippen LogP) is 1.55. The molecule has 1 aliphatic heterocycles. The Hall–Kier alpha value is -2.05. The van der Waals surface area contributed by atoms with Crippen LogP contribution in [0.15, 0.2) is 6.20 Å². The molecule has 1 saturated heterocycles. The Balaban J connectivity index is 2.28. The van der Waals surface area contributed by atoms with E-state index in [4.69, 9.17) is 5.11 Å². The summed E-state index contributed by atoms with van der Waals surface area (Å²) in [6, 6.07) is 0. The number of hydrogen-bond donors (Lipinski definition) is 1. The number of aryl methyl sites for hydroxylation is 1. The number of hydrogen-bond acceptors (Lipinski definition) is 4. The number of carbonyl (C=O) groups is 2. The maximum absolute atomic E-state index is 14.1. The molecule has 0 spiro atoms. The molecule has 1 aliphatic rings. The van der Waals surface area contributed by atoms with Crippen LogP contribution in [0.3, 0.4) is 0 Å². The third-order valence-electron chi connectivity index (χ3n) is 3.61. The fraction of sp³-hybridized carbons (Fsp3) is 0.571. The lowest BCUT2D eigenvalue weighted by Crippen LogP contribution is -2.39. The number of carboxylic acids is 1. The van der Waals surface area contributed by atoms with Crippen molar-refractivity contribution in [3.63, 3.8) is 0 Å². The molecule has 0 radical (unpaired) electrons. The van der Waals surface area contributed by atoms with E-state index >= 15 is 0 Å². The average Bonchev–Trinajstić information content (AvgIpc) is 2.82. The van der Waals surface area contributed by atoms with Crippen molar-refractivity contribution in [2.45, 2.75) is 38.8 Å². The molecule has 0 bridgehead atoms. The van der Waals surface area contributed by atoms with Crippen LogP contribution in [0.2, 0.25) is 0 Å². The van der Waals surface area contributed by atoms with Gasteiger partial charge in [-0.2, -0.15) is 0 Å². The van der Waals surface area contributed by atoms with Crippen molar-refractivity contribution < 1.29 is 19.1 Å². The number of carbonyl (C=O) groups excluding carboxylic acids is 1. The van der Waals surface area contributed by atoms with Crippen LogP contribution in [0.1, 0.15) is 48.1 Å². The highest BCUT2D eigenvalue weighted by molar-refractivity contribution is 5.96. The van der Waals surface area contributed by atoms with Crippen molar-refractivity contribution in [3.05, 3.63) is 23.3 Å². The van der Waals surface area contributed by atoms with Crippen LogP contribution >= 0.6 is 0 Å². The van der Waals surface area contributed by atoms with Gasteiger partial charge in [0.05, 0.1) is 17.8 Å². The Labute approximate surface area is 122 Å². The minimum atomic E-state index is -2.36. The third kappa shape index (κ3) is 2.86. The molecule has 1 fully saturated rings. The number of likely N-dealkylation sites (tertiary alicyclic amines) is 1. The molecule has 0 saturated carbocycles. The van der Waals surface area contributed by atoms with E-state index in [1.807, 2.05) is 13.8 Å². The molecule has 1 aromatic rings. The lowest BCUT2D eigenvalue weighted by Gasteiger charge is -2.19. The standard InChI is InChI=1S/C14H18FN3O3/c1-8(2)11-10(6-16-9(3)17-11)12(19)18-5-4-14(15,7-18)13(20)21/h6,8H,4-5,7H2,1-3H3,(H,20,21). The van der Waals surface area contributed by atoms with Crippen molar-refractivity contribution in [2.24, 2.45) is 0 Å². The Morgan fingerprint density at radius 2 is 2.14 bits per heavy atom. The molecule has 1 amide bonds. The highest BCUT2D eigenvalue weighted by Crippen LogP contribution is 2.28. The van der Waals surface area contributed by atoms with Gasteiger partial charge in [-0.15, -0.1) is 0 Å². The van der Waals surface area contributed by atoms with Gasteiger partial charge in [-0.3, -0.25) is 4.79 Å². The molecule has 21 heavy (non-hydrogen) atoms. The molecule has 6 nitrogen and oxygen atoms in total. The van der Waals surface area contributed by atoms with Crippen LogP contribution < -0.4 is 0 Å². The van der Waals surface area contributed by atoms with E-state index in [0.717, 1.165) is 0 Å². The van der Waals surface area contributed by atoms with Crippen LogP contribution in [0.4, 0.5) is 4.39 Å². The molecule has 1 aromatic heterocycles. The zero-order valence-corrected chi connectivity index (χ0v) is 12.3.